The smallest absolute Gasteiger partial charge is 0.314 e. The maximum atomic E-state index is 13.0. The van der Waals surface area contributed by atoms with E-state index >= 15 is 0 Å². The van der Waals surface area contributed by atoms with Gasteiger partial charge in [0, 0.05) is 0 Å². The van der Waals surface area contributed by atoms with Gasteiger partial charge in [0.15, 0.2) is 23.0 Å². The summed E-state index contributed by atoms with van der Waals surface area (Å²) in [6.07, 6.45) is 0.493. The SMILES string of the molecule is O=C(O)C(Cc1ccc2c(c1)OCO2)(Cc1ccc2c(c1)OCO2)c1ccc2nsnc2c1. The van der Waals surface area contributed by atoms with Crippen LogP contribution in [0.3, 0.4) is 0 Å². The van der Waals surface area contributed by atoms with Crippen LogP contribution in [0.15, 0.2) is 54.6 Å². The van der Waals surface area contributed by atoms with Crippen molar-refractivity contribution in [2.24, 2.45) is 0 Å². The zero-order valence-electron chi connectivity index (χ0n) is 17.3. The van der Waals surface area contributed by atoms with Gasteiger partial charge in [-0.05, 0) is 65.9 Å². The van der Waals surface area contributed by atoms with Crippen LogP contribution in [0.4, 0.5) is 0 Å². The van der Waals surface area contributed by atoms with E-state index in [9.17, 15) is 9.90 Å². The van der Waals surface area contributed by atoms with E-state index in [-0.39, 0.29) is 26.4 Å². The van der Waals surface area contributed by atoms with Gasteiger partial charge in [0.25, 0.3) is 0 Å². The normalized spacial score (nSPS) is 14.1. The number of fused-ring (bicyclic) bond motifs is 3. The molecule has 166 valence electrons. The largest absolute Gasteiger partial charge is 0.481 e. The van der Waals surface area contributed by atoms with E-state index in [1.54, 1.807) is 0 Å². The van der Waals surface area contributed by atoms with Crippen molar-refractivity contribution in [3.63, 3.8) is 0 Å². The van der Waals surface area contributed by atoms with Crippen molar-refractivity contribution >= 4 is 28.7 Å². The van der Waals surface area contributed by atoms with Crippen molar-refractivity contribution in [3.8, 4) is 23.0 Å². The van der Waals surface area contributed by atoms with Crippen LogP contribution in [0, 0.1) is 0 Å². The molecule has 0 radical (unpaired) electrons. The first-order valence-corrected chi connectivity index (χ1v) is 11.1. The summed E-state index contributed by atoms with van der Waals surface area (Å²) >= 11 is 1.11. The minimum Gasteiger partial charge on any atom is -0.481 e. The second-order valence-corrected chi connectivity index (χ2v) is 8.61. The van der Waals surface area contributed by atoms with Crippen molar-refractivity contribution in [1.82, 2.24) is 8.75 Å². The molecular formula is C24H18N2O6S. The Bertz CT molecular complexity index is 1330. The van der Waals surface area contributed by atoms with E-state index in [0.717, 1.165) is 28.4 Å². The fourth-order valence-corrected chi connectivity index (χ4v) is 4.94. The van der Waals surface area contributed by atoms with Gasteiger partial charge in [-0.1, -0.05) is 18.2 Å². The van der Waals surface area contributed by atoms with E-state index in [1.807, 2.05) is 54.6 Å². The van der Waals surface area contributed by atoms with Crippen LogP contribution in [0.5, 0.6) is 23.0 Å². The number of aromatic nitrogens is 2. The quantitative estimate of drug-likeness (QED) is 0.460. The predicted octanol–water partition coefficient (Wildman–Crippen LogP) is 3.96. The van der Waals surface area contributed by atoms with Gasteiger partial charge >= 0.3 is 5.97 Å². The molecule has 0 unspecified atom stereocenters. The third-order valence-electron chi connectivity index (χ3n) is 6.10. The maximum absolute atomic E-state index is 13.0. The summed E-state index contributed by atoms with van der Waals surface area (Å²) in [5.41, 5.74) is 2.48. The molecule has 0 aliphatic carbocycles. The Morgan fingerprint density at radius 2 is 1.36 bits per heavy atom. The molecule has 0 fully saturated rings. The Morgan fingerprint density at radius 3 is 1.97 bits per heavy atom. The Hall–Kier alpha value is -3.85. The van der Waals surface area contributed by atoms with Crippen LogP contribution < -0.4 is 18.9 Å². The molecule has 4 aromatic rings. The van der Waals surface area contributed by atoms with Crippen LogP contribution in [-0.4, -0.2) is 33.4 Å². The molecule has 2 aliphatic rings. The van der Waals surface area contributed by atoms with Crippen molar-refractivity contribution < 1.29 is 28.8 Å². The summed E-state index contributed by atoms with van der Waals surface area (Å²) in [6.45, 7) is 0.321. The zero-order chi connectivity index (χ0) is 22.4. The molecule has 3 heterocycles. The van der Waals surface area contributed by atoms with E-state index in [1.165, 1.54) is 0 Å². The van der Waals surface area contributed by atoms with Crippen LogP contribution in [0.25, 0.3) is 11.0 Å². The molecule has 1 N–H and O–H groups in total. The summed E-state index contributed by atoms with van der Waals surface area (Å²) in [6, 6.07) is 16.6. The number of aliphatic carboxylic acids is 1. The number of ether oxygens (including phenoxy) is 4. The first kappa shape index (κ1) is 19.8. The van der Waals surface area contributed by atoms with Crippen LogP contribution in [0.1, 0.15) is 16.7 Å². The maximum Gasteiger partial charge on any atom is 0.314 e. The summed E-state index contributed by atoms with van der Waals surface area (Å²) in [5, 5.41) is 10.7. The topological polar surface area (TPSA) is 100 Å². The minimum absolute atomic E-state index is 0.160. The second kappa shape index (κ2) is 7.63. The van der Waals surface area contributed by atoms with Gasteiger partial charge in [0.1, 0.15) is 16.4 Å². The molecule has 2 aliphatic heterocycles. The van der Waals surface area contributed by atoms with Crippen molar-refractivity contribution in [1.29, 1.82) is 0 Å². The lowest BCUT2D eigenvalue weighted by atomic mass is 9.71. The number of carbonyl (C=O) groups is 1. The molecule has 0 spiro atoms. The number of nitrogens with zero attached hydrogens (tertiary/aromatic N) is 2. The highest BCUT2D eigenvalue weighted by molar-refractivity contribution is 7.00. The summed E-state index contributed by atoms with van der Waals surface area (Å²) < 4.78 is 30.4. The lowest BCUT2D eigenvalue weighted by molar-refractivity contribution is -0.144. The highest BCUT2D eigenvalue weighted by Gasteiger charge is 2.41. The standard InChI is InChI=1S/C24H18N2O6S/c27-23(28)24(16-3-4-17-18(9-16)26-33-25-17,10-14-1-5-19-21(7-14)31-12-29-19)11-15-2-6-20-22(8-15)32-13-30-20/h1-9H,10-13H2,(H,27,28). The van der Waals surface area contributed by atoms with Crippen LogP contribution in [-0.2, 0) is 23.1 Å². The number of hydrogen-bond acceptors (Lipinski definition) is 8. The molecule has 0 saturated carbocycles. The highest BCUT2D eigenvalue weighted by atomic mass is 32.1. The van der Waals surface area contributed by atoms with Crippen molar-refractivity contribution in [3.05, 3.63) is 71.3 Å². The molecule has 0 saturated heterocycles. The highest BCUT2D eigenvalue weighted by Crippen LogP contribution is 2.40. The third-order valence-corrected chi connectivity index (χ3v) is 6.66. The summed E-state index contributed by atoms with van der Waals surface area (Å²) in [5.74, 6) is 1.62. The summed E-state index contributed by atoms with van der Waals surface area (Å²) in [4.78, 5) is 13.0. The van der Waals surface area contributed by atoms with Crippen LogP contribution in [0.2, 0.25) is 0 Å². The first-order valence-electron chi connectivity index (χ1n) is 10.3. The number of benzene rings is 3. The van der Waals surface area contributed by atoms with E-state index in [4.69, 9.17) is 18.9 Å². The molecule has 6 rings (SSSR count). The van der Waals surface area contributed by atoms with Gasteiger partial charge in [-0.15, -0.1) is 0 Å². The number of rotatable bonds is 6. The van der Waals surface area contributed by atoms with Crippen molar-refractivity contribution in [2.75, 3.05) is 13.6 Å². The molecule has 0 atom stereocenters. The third kappa shape index (κ3) is 3.41. The molecule has 8 nitrogen and oxygen atoms in total. The van der Waals surface area contributed by atoms with Gasteiger partial charge < -0.3 is 24.1 Å². The Kier molecular flexibility index (Phi) is 4.58. The predicted molar refractivity (Wildman–Crippen MR) is 119 cm³/mol. The fraction of sp³-hybridized carbons (Fsp3) is 0.208. The number of carboxylic acid groups (broad SMARTS) is 1. The fourth-order valence-electron chi connectivity index (χ4n) is 4.42. The second-order valence-electron chi connectivity index (χ2n) is 8.08. The first-order chi connectivity index (χ1) is 16.1. The van der Waals surface area contributed by atoms with Gasteiger partial charge in [-0.25, -0.2) is 0 Å². The minimum atomic E-state index is -1.26. The van der Waals surface area contributed by atoms with Gasteiger partial charge in [0.2, 0.25) is 13.6 Å². The van der Waals surface area contributed by atoms with E-state index in [0.29, 0.717) is 34.1 Å². The molecule has 3 aromatic carbocycles. The number of hydrogen-bond donors (Lipinski definition) is 1. The van der Waals surface area contributed by atoms with Crippen molar-refractivity contribution in [2.45, 2.75) is 18.3 Å². The van der Waals surface area contributed by atoms with E-state index in [2.05, 4.69) is 8.75 Å². The number of carboxylic acids is 1. The lowest BCUT2D eigenvalue weighted by Gasteiger charge is -2.31. The monoisotopic (exact) mass is 462 g/mol. The van der Waals surface area contributed by atoms with Gasteiger partial charge in [-0.3, -0.25) is 4.79 Å². The molecular weight excluding hydrogens is 444 g/mol. The molecule has 0 bridgehead atoms. The van der Waals surface area contributed by atoms with E-state index < -0.39 is 11.4 Å². The summed E-state index contributed by atoms with van der Waals surface area (Å²) in [7, 11) is 0. The molecule has 0 amide bonds. The lowest BCUT2D eigenvalue weighted by Crippen LogP contribution is -2.40. The Balaban J connectivity index is 1.47. The molecule has 33 heavy (non-hydrogen) atoms. The van der Waals surface area contributed by atoms with Crippen LogP contribution >= 0.6 is 11.7 Å². The molecule has 9 heteroatoms. The average Bonchev–Trinajstić information content (AvgIpc) is 3.57. The van der Waals surface area contributed by atoms with Gasteiger partial charge in [0.05, 0.1) is 11.7 Å². The average molecular weight is 462 g/mol. The Morgan fingerprint density at radius 1 is 0.788 bits per heavy atom. The molecule has 1 aromatic heterocycles. The zero-order valence-corrected chi connectivity index (χ0v) is 18.1. The Labute approximate surface area is 192 Å². The van der Waals surface area contributed by atoms with Gasteiger partial charge in [-0.2, -0.15) is 8.75 Å².